The summed E-state index contributed by atoms with van der Waals surface area (Å²) in [6.45, 7) is 0. The van der Waals surface area contributed by atoms with E-state index in [1.54, 1.807) is 6.07 Å². The summed E-state index contributed by atoms with van der Waals surface area (Å²) in [6, 6.07) is 3.49. The smallest absolute Gasteiger partial charge is 0.293 e. The zero-order valence-corrected chi connectivity index (χ0v) is 10.6. The Morgan fingerprint density at radius 2 is 2.20 bits per heavy atom. The zero-order chi connectivity index (χ0) is 11.0. The number of anilines is 1. The summed E-state index contributed by atoms with van der Waals surface area (Å²) in [5.41, 5.74) is 0.614. The first-order valence-electron chi connectivity index (χ1n) is 4.48. The fourth-order valence-electron chi connectivity index (χ4n) is 1.25. The van der Waals surface area contributed by atoms with Crippen LogP contribution in [0.15, 0.2) is 12.1 Å². The monoisotopic (exact) mass is 338 g/mol. The molecule has 2 rings (SSSR count). The number of nitro benzene ring substituents is 1. The quantitative estimate of drug-likeness (QED) is 0.522. The highest BCUT2D eigenvalue weighted by Crippen LogP contribution is 2.35. The molecule has 0 bridgehead atoms. The highest BCUT2D eigenvalue weighted by atomic mass is 127. The minimum absolute atomic E-state index is 0.0932. The highest BCUT2D eigenvalue weighted by molar-refractivity contribution is 14.1. The Labute approximate surface area is 105 Å². The minimum atomic E-state index is -0.386. The van der Waals surface area contributed by atoms with Crippen molar-refractivity contribution in [2.24, 2.45) is 0 Å². The van der Waals surface area contributed by atoms with Gasteiger partial charge in [0.25, 0.3) is 5.69 Å². The Kier molecular flexibility index (Phi) is 3.01. The lowest BCUT2D eigenvalue weighted by atomic mass is 10.2. The van der Waals surface area contributed by atoms with E-state index >= 15 is 0 Å². The largest absolute Gasteiger partial charge is 0.377 e. The van der Waals surface area contributed by atoms with Gasteiger partial charge < -0.3 is 5.32 Å². The third kappa shape index (κ3) is 2.52. The summed E-state index contributed by atoms with van der Waals surface area (Å²) in [5, 5.41) is 14.5. The van der Waals surface area contributed by atoms with Crippen LogP contribution in [0.25, 0.3) is 0 Å². The first-order valence-corrected chi connectivity index (χ1v) is 5.93. The Morgan fingerprint density at radius 3 is 2.73 bits per heavy atom. The average molecular weight is 339 g/mol. The molecular formula is C9H8ClIN2O2. The molecule has 0 spiro atoms. The number of rotatable bonds is 3. The Hall–Kier alpha value is -0.560. The van der Waals surface area contributed by atoms with E-state index in [9.17, 15) is 10.1 Å². The van der Waals surface area contributed by atoms with E-state index in [1.165, 1.54) is 6.07 Å². The highest BCUT2D eigenvalue weighted by Gasteiger charge is 2.25. The Bertz CT molecular complexity index is 421. The second kappa shape index (κ2) is 4.13. The second-order valence-corrected chi connectivity index (χ2v) is 5.03. The summed E-state index contributed by atoms with van der Waals surface area (Å²) in [7, 11) is 0. The Balaban J connectivity index is 2.39. The van der Waals surface area contributed by atoms with Crippen molar-refractivity contribution in [3.63, 3.8) is 0 Å². The molecule has 1 fully saturated rings. The topological polar surface area (TPSA) is 55.2 Å². The van der Waals surface area contributed by atoms with Crippen molar-refractivity contribution in [1.82, 2.24) is 0 Å². The van der Waals surface area contributed by atoms with E-state index in [0.717, 1.165) is 12.8 Å². The standard InChI is InChI=1S/C9H8ClIN2O2/c10-6-3-8(12-5-1-2-5)9(13(14)15)4-7(6)11/h3-5,12H,1-2H2. The van der Waals surface area contributed by atoms with Crippen LogP contribution in [0.5, 0.6) is 0 Å². The fourth-order valence-corrected chi connectivity index (χ4v) is 1.86. The predicted molar refractivity (Wildman–Crippen MR) is 67.5 cm³/mol. The van der Waals surface area contributed by atoms with Gasteiger partial charge in [-0.1, -0.05) is 11.6 Å². The molecule has 0 amide bonds. The van der Waals surface area contributed by atoms with Gasteiger partial charge in [-0.15, -0.1) is 0 Å². The molecule has 80 valence electrons. The van der Waals surface area contributed by atoms with E-state index in [4.69, 9.17) is 11.6 Å². The number of nitro groups is 1. The normalized spacial score (nSPS) is 15.1. The van der Waals surface area contributed by atoms with Gasteiger partial charge in [-0.25, -0.2) is 0 Å². The van der Waals surface area contributed by atoms with Crippen LogP contribution in [0, 0.1) is 13.7 Å². The maximum Gasteiger partial charge on any atom is 0.293 e. The number of nitrogens with one attached hydrogen (secondary N) is 1. The summed E-state index contributed by atoms with van der Waals surface area (Å²) in [5.74, 6) is 0. The molecule has 0 aliphatic heterocycles. The van der Waals surface area contributed by atoms with Crippen molar-refractivity contribution >= 4 is 45.6 Å². The summed E-state index contributed by atoms with van der Waals surface area (Å²) in [6.07, 6.45) is 2.14. The van der Waals surface area contributed by atoms with Crippen molar-refractivity contribution in [2.75, 3.05) is 5.32 Å². The lowest BCUT2D eigenvalue weighted by Gasteiger charge is -2.06. The second-order valence-electron chi connectivity index (χ2n) is 3.46. The van der Waals surface area contributed by atoms with Crippen molar-refractivity contribution in [3.05, 3.63) is 30.8 Å². The molecule has 1 aliphatic rings. The van der Waals surface area contributed by atoms with E-state index < -0.39 is 0 Å². The van der Waals surface area contributed by atoms with Crippen molar-refractivity contribution < 1.29 is 4.92 Å². The zero-order valence-electron chi connectivity index (χ0n) is 7.67. The molecule has 0 heterocycles. The number of hydrogen-bond acceptors (Lipinski definition) is 3. The molecule has 6 heteroatoms. The van der Waals surface area contributed by atoms with Crippen LogP contribution in [0.4, 0.5) is 11.4 Å². The summed E-state index contributed by atoms with van der Waals surface area (Å²) in [4.78, 5) is 10.4. The lowest BCUT2D eigenvalue weighted by molar-refractivity contribution is -0.384. The number of halogens is 2. The third-order valence-corrected chi connectivity index (χ3v) is 3.70. The molecule has 4 nitrogen and oxygen atoms in total. The molecule has 1 N–H and O–H groups in total. The Morgan fingerprint density at radius 1 is 1.53 bits per heavy atom. The fraction of sp³-hybridized carbons (Fsp3) is 0.333. The summed E-state index contributed by atoms with van der Waals surface area (Å²) >= 11 is 7.91. The molecular weight excluding hydrogens is 330 g/mol. The van der Waals surface area contributed by atoms with Crippen LogP contribution in [0.3, 0.4) is 0 Å². The number of hydrogen-bond donors (Lipinski definition) is 1. The number of benzene rings is 1. The lowest BCUT2D eigenvalue weighted by Crippen LogP contribution is -2.04. The van der Waals surface area contributed by atoms with Crippen LogP contribution in [0.2, 0.25) is 5.02 Å². The van der Waals surface area contributed by atoms with Gasteiger partial charge in [-0.2, -0.15) is 0 Å². The van der Waals surface area contributed by atoms with Crippen molar-refractivity contribution in [1.29, 1.82) is 0 Å². The van der Waals surface area contributed by atoms with E-state index in [-0.39, 0.29) is 10.6 Å². The van der Waals surface area contributed by atoms with Gasteiger partial charge >= 0.3 is 0 Å². The molecule has 1 aromatic rings. The molecule has 1 saturated carbocycles. The van der Waals surface area contributed by atoms with E-state index in [0.29, 0.717) is 20.3 Å². The molecule has 0 atom stereocenters. The van der Waals surface area contributed by atoms with Crippen molar-refractivity contribution in [3.8, 4) is 0 Å². The molecule has 1 aliphatic carbocycles. The number of nitrogens with zero attached hydrogens (tertiary/aromatic N) is 1. The minimum Gasteiger partial charge on any atom is -0.377 e. The van der Waals surface area contributed by atoms with Gasteiger partial charge in [0, 0.05) is 15.7 Å². The van der Waals surface area contributed by atoms with E-state index in [2.05, 4.69) is 5.32 Å². The summed E-state index contributed by atoms with van der Waals surface area (Å²) < 4.78 is 0.697. The predicted octanol–water partition coefficient (Wildman–Crippen LogP) is 3.43. The van der Waals surface area contributed by atoms with Gasteiger partial charge in [0.2, 0.25) is 0 Å². The van der Waals surface area contributed by atoms with Crippen LogP contribution >= 0.6 is 34.2 Å². The van der Waals surface area contributed by atoms with Crippen LogP contribution < -0.4 is 5.32 Å². The molecule has 0 radical (unpaired) electrons. The maximum absolute atomic E-state index is 10.8. The van der Waals surface area contributed by atoms with Gasteiger partial charge in [0.1, 0.15) is 5.69 Å². The molecule has 0 saturated heterocycles. The van der Waals surface area contributed by atoms with Gasteiger partial charge in [0.15, 0.2) is 0 Å². The van der Waals surface area contributed by atoms with Crippen LogP contribution in [0.1, 0.15) is 12.8 Å². The first kappa shape index (κ1) is 10.9. The molecule has 15 heavy (non-hydrogen) atoms. The van der Waals surface area contributed by atoms with Crippen LogP contribution in [-0.2, 0) is 0 Å². The van der Waals surface area contributed by atoms with Crippen molar-refractivity contribution in [2.45, 2.75) is 18.9 Å². The molecule has 0 aromatic heterocycles. The molecule has 0 unspecified atom stereocenters. The van der Waals surface area contributed by atoms with E-state index in [1.807, 2.05) is 22.6 Å². The van der Waals surface area contributed by atoms with Gasteiger partial charge in [0.05, 0.1) is 9.95 Å². The van der Waals surface area contributed by atoms with Gasteiger partial charge in [-0.3, -0.25) is 10.1 Å². The van der Waals surface area contributed by atoms with Crippen LogP contribution in [-0.4, -0.2) is 11.0 Å². The SMILES string of the molecule is O=[N+]([O-])c1cc(I)c(Cl)cc1NC1CC1. The maximum atomic E-state index is 10.8. The third-order valence-electron chi connectivity index (χ3n) is 2.17. The average Bonchev–Trinajstić information content (AvgIpc) is 2.94. The van der Waals surface area contributed by atoms with Gasteiger partial charge in [-0.05, 0) is 41.5 Å². The first-order chi connectivity index (χ1) is 7.08. The molecule has 1 aromatic carbocycles.